The Hall–Kier alpha value is -3.26. The monoisotopic (exact) mass is 569 g/mol. The van der Waals surface area contributed by atoms with Crippen LogP contribution >= 0.6 is 15.9 Å². The van der Waals surface area contributed by atoms with Crippen molar-refractivity contribution in [2.24, 2.45) is 11.8 Å². The van der Waals surface area contributed by atoms with E-state index in [1.807, 2.05) is 31.2 Å². The van der Waals surface area contributed by atoms with Gasteiger partial charge in [-0.15, -0.1) is 0 Å². The number of benzene rings is 3. The highest BCUT2D eigenvalue weighted by Crippen LogP contribution is 2.62. The summed E-state index contributed by atoms with van der Waals surface area (Å²) in [6, 6.07) is 15.3. The van der Waals surface area contributed by atoms with Gasteiger partial charge < -0.3 is 14.4 Å². The van der Waals surface area contributed by atoms with Crippen molar-refractivity contribution in [1.29, 1.82) is 0 Å². The summed E-state index contributed by atoms with van der Waals surface area (Å²) in [5.74, 6) is 0.0756. The molecular formula is C29H23BrF3NO3. The molecule has 0 saturated heterocycles. The van der Waals surface area contributed by atoms with Gasteiger partial charge in [-0.25, -0.2) is 0 Å². The zero-order valence-corrected chi connectivity index (χ0v) is 21.4. The number of aryl methyl sites for hydroxylation is 1. The van der Waals surface area contributed by atoms with Gasteiger partial charge in [-0.3, -0.25) is 4.79 Å². The Bertz CT molecular complexity index is 1560. The van der Waals surface area contributed by atoms with Crippen molar-refractivity contribution in [3.05, 3.63) is 93.1 Å². The van der Waals surface area contributed by atoms with Gasteiger partial charge in [0, 0.05) is 22.0 Å². The summed E-state index contributed by atoms with van der Waals surface area (Å²) in [4.78, 5) is 11.5. The second kappa shape index (κ2) is 8.65. The molecule has 0 aliphatic heterocycles. The number of hydrogen-bond acceptors (Lipinski definition) is 2. The van der Waals surface area contributed by atoms with Crippen LogP contribution in [0.1, 0.15) is 40.7 Å². The van der Waals surface area contributed by atoms with Gasteiger partial charge in [0.25, 0.3) is 0 Å². The molecule has 2 aliphatic rings. The SMILES string of the molecule is CCc1cc2c(cc1OCc1ccc3c(Br)cn(-c4ccccc4C(F)(F)F)c3c1)CC1C(C(=O)O)C21. The summed E-state index contributed by atoms with van der Waals surface area (Å²) in [6.07, 6.45) is -1.31. The standard InChI is InChI=1S/C29H23BrF3NO3/c1-2-16-10-19-17(11-20-26(19)27(20)28(35)36)12-25(16)37-14-15-7-8-18-22(30)13-34(24(18)9-15)23-6-4-3-5-21(23)29(31,32)33/h3-10,12-13,20,26-27H,2,11,14H2,1H3,(H,35,36). The van der Waals surface area contributed by atoms with Crippen LogP contribution in [0.3, 0.4) is 0 Å². The van der Waals surface area contributed by atoms with Crippen LogP contribution in [0.25, 0.3) is 16.6 Å². The fraction of sp³-hybridized carbons (Fsp3) is 0.276. The number of halogens is 4. The number of nitrogens with zero attached hydrogens (tertiary/aromatic N) is 1. The second-order valence-electron chi connectivity index (χ2n) is 9.77. The highest BCUT2D eigenvalue weighted by molar-refractivity contribution is 9.10. The molecule has 1 aromatic heterocycles. The van der Waals surface area contributed by atoms with Crippen LogP contribution in [-0.4, -0.2) is 15.6 Å². The maximum absolute atomic E-state index is 13.7. The van der Waals surface area contributed by atoms with Gasteiger partial charge in [-0.05, 0) is 81.2 Å². The Labute approximate surface area is 219 Å². The van der Waals surface area contributed by atoms with Crippen molar-refractivity contribution >= 4 is 32.8 Å². The number of para-hydroxylation sites is 1. The van der Waals surface area contributed by atoms with E-state index in [1.165, 1.54) is 12.1 Å². The van der Waals surface area contributed by atoms with E-state index in [2.05, 4.69) is 22.0 Å². The maximum atomic E-state index is 13.7. The summed E-state index contributed by atoms with van der Waals surface area (Å²) in [6.45, 7) is 2.30. The summed E-state index contributed by atoms with van der Waals surface area (Å²) in [5, 5.41) is 10.2. The fourth-order valence-electron chi connectivity index (χ4n) is 5.83. The lowest BCUT2D eigenvalue weighted by atomic mass is 9.98. The number of hydrogen-bond donors (Lipinski definition) is 1. The van der Waals surface area contributed by atoms with Gasteiger partial charge in [0.15, 0.2) is 0 Å². The number of alkyl halides is 3. The van der Waals surface area contributed by atoms with Crippen molar-refractivity contribution in [2.45, 2.75) is 38.5 Å². The highest BCUT2D eigenvalue weighted by Gasteiger charge is 2.59. The molecule has 37 heavy (non-hydrogen) atoms. The molecule has 8 heteroatoms. The molecular weight excluding hydrogens is 547 g/mol. The molecule has 1 fully saturated rings. The van der Waals surface area contributed by atoms with Crippen LogP contribution in [0.2, 0.25) is 0 Å². The Morgan fingerprint density at radius 1 is 1.16 bits per heavy atom. The van der Waals surface area contributed by atoms with Crippen molar-refractivity contribution in [3.63, 3.8) is 0 Å². The predicted molar refractivity (Wildman–Crippen MR) is 137 cm³/mol. The minimum absolute atomic E-state index is 0.0638. The fourth-order valence-corrected chi connectivity index (χ4v) is 6.37. The van der Waals surface area contributed by atoms with Crippen molar-refractivity contribution < 1.29 is 27.8 Å². The van der Waals surface area contributed by atoms with Gasteiger partial charge in [0.1, 0.15) is 12.4 Å². The van der Waals surface area contributed by atoms with E-state index >= 15 is 0 Å². The lowest BCUT2D eigenvalue weighted by Crippen LogP contribution is -2.10. The smallest absolute Gasteiger partial charge is 0.418 e. The lowest BCUT2D eigenvalue weighted by molar-refractivity contribution is -0.139. The number of ether oxygens (including phenoxy) is 1. The summed E-state index contributed by atoms with van der Waals surface area (Å²) >= 11 is 3.49. The van der Waals surface area contributed by atoms with E-state index in [1.54, 1.807) is 16.8 Å². The Kier molecular flexibility index (Phi) is 5.64. The Morgan fingerprint density at radius 2 is 1.95 bits per heavy atom. The van der Waals surface area contributed by atoms with Crippen molar-refractivity contribution in [1.82, 2.24) is 4.57 Å². The second-order valence-corrected chi connectivity index (χ2v) is 10.6. The molecule has 4 aromatic rings. The van der Waals surface area contributed by atoms with Crippen molar-refractivity contribution in [2.75, 3.05) is 0 Å². The first-order valence-corrected chi connectivity index (χ1v) is 12.9. The molecule has 0 radical (unpaired) electrons. The van der Waals surface area contributed by atoms with E-state index < -0.39 is 17.7 Å². The molecule has 1 N–H and O–H groups in total. The summed E-state index contributed by atoms with van der Waals surface area (Å²) in [7, 11) is 0. The van der Waals surface area contributed by atoms with Crippen LogP contribution in [-0.2, 0) is 30.4 Å². The minimum atomic E-state index is -4.48. The van der Waals surface area contributed by atoms with E-state index in [0.717, 1.165) is 52.3 Å². The number of carbonyl (C=O) groups is 1. The van der Waals surface area contributed by atoms with Gasteiger partial charge in [-0.2, -0.15) is 13.2 Å². The number of carboxylic acids is 1. The van der Waals surface area contributed by atoms with Crippen LogP contribution in [0, 0.1) is 11.8 Å². The zero-order valence-electron chi connectivity index (χ0n) is 19.8. The molecule has 2 aliphatic carbocycles. The molecule has 3 aromatic carbocycles. The van der Waals surface area contributed by atoms with Gasteiger partial charge in [-0.1, -0.05) is 37.3 Å². The van der Waals surface area contributed by atoms with E-state index in [0.29, 0.717) is 9.99 Å². The molecule has 3 atom stereocenters. The number of carboxylic acid groups (broad SMARTS) is 1. The average Bonchev–Trinajstić information content (AvgIpc) is 3.33. The molecule has 0 amide bonds. The molecule has 0 spiro atoms. The largest absolute Gasteiger partial charge is 0.489 e. The first-order valence-electron chi connectivity index (χ1n) is 12.1. The molecule has 1 heterocycles. The lowest BCUT2D eigenvalue weighted by Gasteiger charge is -2.16. The third kappa shape index (κ3) is 4.02. The summed E-state index contributed by atoms with van der Waals surface area (Å²) in [5.41, 5.74) is 4.16. The first kappa shape index (κ1) is 24.1. The molecule has 0 bridgehead atoms. The third-order valence-corrected chi connectivity index (χ3v) is 8.29. The van der Waals surface area contributed by atoms with E-state index in [9.17, 15) is 23.1 Å². The summed E-state index contributed by atoms with van der Waals surface area (Å²) < 4.78 is 49.6. The Balaban J connectivity index is 1.31. The molecule has 1 saturated carbocycles. The van der Waals surface area contributed by atoms with Gasteiger partial charge >= 0.3 is 12.1 Å². The normalized spacial score (nSPS) is 20.1. The minimum Gasteiger partial charge on any atom is -0.489 e. The zero-order chi connectivity index (χ0) is 26.1. The number of rotatable bonds is 6. The van der Waals surface area contributed by atoms with Gasteiger partial charge in [0.2, 0.25) is 0 Å². The molecule has 3 unspecified atom stereocenters. The molecule has 190 valence electrons. The van der Waals surface area contributed by atoms with Crippen LogP contribution < -0.4 is 4.74 Å². The quantitative estimate of drug-likeness (QED) is 0.261. The van der Waals surface area contributed by atoms with E-state index in [4.69, 9.17) is 4.74 Å². The Morgan fingerprint density at radius 3 is 2.68 bits per heavy atom. The number of aliphatic carboxylic acids is 1. The van der Waals surface area contributed by atoms with Gasteiger partial charge in [0.05, 0.1) is 22.7 Å². The predicted octanol–water partition coefficient (Wildman–Crippen LogP) is 7.52. The maximum Gasteiger partial charge on any atom is 0.418 e. The number of fused-ring (bicyclic) bond motifs is 4. The van der Waals surface area contributed by atoms with Crippen LogP contribution in [0.4, 0.5) is 13.2 Å². The topological polar surface area (TPSA) is 51.5 Å². The van der Waals surface area contributed by atoms with Crippen LogP contribution in [0.5, 0.6) is 5.75 Å². The van der Waals surface area contributed by atoms with Crippen molar-refractivity contribution in [3.8, 4) is 11.4 Å². The first-order chi connectivity index (χ1) is 17.7. The number of aromatic nitrogens is 1. The third-order valence-electron chi connectivity index (χ3n) is 7.66. The van der Waals surface area contributed by atoms with E-state index in [-0.39, 0.29) is 30.0 Å². The average molecular weight is 570 g/mol. The molecule has 6 rings (SSSR count). The van der Waals surface area contributed by atoms with Crippen LogP contribution in [0.15, 0.2) is 65.3 Å². The molecule has 4 nitrogen and oxygen atoms in total. The highest BCUT2D eigenvalue weighted by atomic mass is 79.9.